The van der Waals surface area contributed by atoms with E-state index in [0.717, 1.165) is 31.8 Å². The standard InChI is InChI=1S/C21H25F3N4O2/c1-3-9-28-18-7-5-15(21(22,23)24)14-17(18)25-16(20(28)30)6-8-19(29)27-12-10-26(4-2)11-13-27/h3,5,7,14H,1,4,6,8-13H2,2H3/p+1. The summed E-state index contributed by atoms with van der Waals surface area (Å²) in [6.07, 6.45) is -2.82. The summed E-state index contributed by atoms with van der Waals surface area (Å²) in [4.78, 5) is 32.8. The van der Waals surface area contributed by atoms with Crippen molar-refractivity contribution in [2.75, 3.05) is 32.7 Å². The number of benzene rings is 1. The summed E-state index contributed by atoms with van der Waals surface area (Å²) in [5, 5.41) is 0. The Kier molecular flexibility index (Phi) is 6.60. The molecule has 2 heterocycles. The normalized spacial score (nSPS) is 15.5. The van der Waals surface area contributed by atoms with Gasteiger partial charge in [0.1, 0.15) is 5.69 Å². The van der Waals surface area contributed by atoms with Crippen molar-refractivity contribution < 1.29 is 22.9 Å². The van der Waals surface area contributed by atoms with Crippen LogP contribution in [0.3, 0.4) is 0 Å². The largest absolute Gasteiger partial charge is 0.416 e. The van der Waals surface area contributed by atoms with E-state index < -0.39 is 17.3 Å². The van der Waals surface area contributed by atoms with E-state index in [1.807, 2.05) is 0 Å². The fourth-order valence-corrected chi connectivity index (χ4v) is 3.76. The number of alkyl halides is 3. The predicted molar refractivity (Wildman–Crippen MR) is 107 cm³/mol. The van der Waals surface area contributed by atoms with Crippen molar-refractivity contribution in [3.63, 3.8) is 0 Å². The van der Waals surface area contributed by atoms with Crippen LogP contribution in [0.4, 0.5) is 13.2 Å². The molecule has 0 bridgehead atoms. The summed E-state index contributed by atoms with van der Waals surface area (Å²) in [7, 11) is 0. The average Bonchev–Trinajstić information content (AvgIpc) is 2.73. The maximum Gasteiger partial charge on any atom is 0.416 e. The molecule has 1 aromatic heterocycles. The Hall–Kier alpha value is -2.68. The third-order valence-corrected chi connectivity index (χ3v) is 5.55. The number of piperazine rings is 1. The summed E-state index contributed by atoms with van der Waals surface area (Å²) in [5.41, 5.74) is -0.759. The van der Waals surface area contributed by atoms with Gasteiger partial charge in [0, 0.05) is 19.4 Å². The zero-order valence-corrected chi connectivity index (χ0v) is 17.0. The first-order valence-electron chi connectivity index (χ1n) is 10.1. The monoisotopic (exact) mass is 423 g/mol. The van der Waals surface area contributed by atoms with Gasteiger partial charge in [0.05, 0.1) is 49.3 Å². The molecule has 1 aliphatic heterocycles. The molecule has 0 unspecified atom stereocenters. The minimum atomic E-state index is -4.51. The molecule has 0 radical (unpaired) electrons. The average molecular weight is 423 g/mol. The molecule has 9 heteroatoms. The van der Waals surface area contributed by atoms with Gasteiger partial charge in [0.2, 0.25) is 5.91 Å². The van der Waals surface area contributed by atoms with E-state index in [9.17, 15) is 22.8 Å². The van der Waals surface area contributed by atoms with Crippen LogP contribution >= 0.6 is 0 Å². The lowest BCUT2D eigenvalue weighted by Gasteiger charge is -2.31. The minimum Gasteiger partial charge on any atom is -0.332 e. The molecule has 6 nitrogen and oxygen atoms in total. The number of halogens is 3. The lowest BCUT2D eigenvalue weighted by molar-refractivity contribution is -0.902. The summed E-state index contributed by atoms with van der Waals surface area (Å²) in [6, 6.07) is 3.12. The van der Waals surface area contributed by atoms with Gasteiger partial charge < -0.3 is 14.4 Å². The second-order valence-corrected chi connectivity index (χ2v) is 7.45. The quantitative estimate of drug-likeness (QED) is 0.713. The molecule has 30 heavy (non-hydrogen) atoms. The Labute approximate surface area is 172 Å². The van der Waals surface area contributed by atoms with Gasteiger partial charge in [-0.25, -0.2) is 4.98 Å². The molecule has 0 spiro atoms. The van der Waals surface area contributed by atoms with E-state index in [4.69, 9.17) is 0 Å². The van der Waals surface area contributed by atoms with Gasteiger partial charge in [-0.1, -0.05) is 6.08 Å². The van der Waals surface area contributed by atoms with Crippen LogP contribution in [0.2, 0.25) is 0 Å². The lowest BCUT2D eigenvalue weighted by Crippen LogP contribution is -3.14. The number of carbonyl (C=O) groups is 1. The molecule has 1 amide bonds. The first kappa shape index (κ1) is 22.0. The molecule has 0 saturated carbocycles. The van der Waals surface area contributed by atoms with Gasteiger partial charge >= 0.3 is 6.18 Å². The number of carbonyl (C=O) groups excluding carboxylic acids is 1. The summed E-state index contributed by atoms with van der Waals surface area (Å²) in [5.74, 6) is -0.0641. The predicted octanol–water partition coefficient (Wildman–Crippen LogP) is 1.28. The number of hydrogen-bond acceptors (Lipinski definition) is 3. The van der Waals surface area contributed by atoms with Crippen molar-refractivity contribution in [2.24, 2.45) is 0 Å². The number of rotatable bonds is 6. The molecule has 1 fully saturated rings. The number of amides is 1. The van der Waals surface area contributed by atoms with Gasteiger partial charge in [-0.05, 0) is 25.1 Å². The van der Waals surface area contributed by atoms with E-state index in [1.165, 1.54) is 21.6 Å². The smallest absolute Gasteiger partial charge is 0.332 e. The van der Waals surface area contributed by atoms with Crippen molar-refractivity contribution in [1.82, 2.24) is 14.5 Å². The zero-order valence-electron chi connectivity index (χ0n) is 17.0. The third kappa shape index (κ3) is 4.72. The maximum absolute atomic E-state index is 13.1. The highest BCUT2D eigenvalue weighted by molar-refractivity contribution is 5.77. The Balaban J connectivity index is 1.85. The van der Waals surface area contributed by atoms with Gasteiger partial charge in [-0.15, -0.1) is 6.58 Å². The fourth-order valence-electron chi connectivity index (χ4n) is 3.76. The molecule has 1 N–H and O–H groups in total. The van der Waals surface area contributed by atoms with E-state index in [1.54, 1.807) is 4.90 Å². The summed E-state index contributed by atoms with van der Waals surface area (Å²) in [6.45, 7) is 10.0. The molecule has 2 aromatic rings. The van der Waals surface area contributed by atoms with Crippen LogP contribution in [0.15, 0.2) is 35.6 Å². The molecule has 0 aliphatic carbocycles. The van der Waals surface area contributed by atoms with E-state index >= 15 is 0 Å². The molecule has 162 valence electrons. The number of nitrogens with one attached hydrogen (secondary N) is 1. The van der Waals surface area contributed by atoms with Gasteiger partial charge in [0.15, 0.2) is 0 Å². The van der Waals surface area contributed by atoms with Crippen molar-refractivity contribution in [3.05, 3.63) is 52.5 Å². The maximum atomic E-state index is 13.1. The lowest BCUT2D eigenvalue weighted by atomic mass is 10.1. The van der Waals surface area contributed by atoms with Gasteiger partial charge in [0.25, 0.3) is 5.56 Å². The first-order chi connectivity index (χ1) is 14.2. The van der Waals surface area contributed by atoms with Crippen molar-refractivity contribution in [3.8, 4) is 0 Å². The number of likely N-dealkylation sites (N-methyl/N-ethyl adjacent to an activating group) is 1. The van der Waals surface area contributed by atoms with Crippen LogP contribution in [-0.2, 0) is 23.9 Å². The Morgan fingerprint density at radius 2 is 2.00 bits per heavy atom. The number of fused-ring (bicyclic) bond motifs is 1. The third-order valence-electron chi connectivity index (χ3n) is 5.55. The Morgan fingerprint density at radius 1 is 1.30 bits per heavy atom. The molecule has 1 aromatic carbocycles. The number of hydrogen-bond donors (Lipinski definition) is 1. The Bertz CT molecular complexity index is 992. The van der Waals surface area contributed by atoms with E-state index in [2.05, 4.69) is 18.5 Å². The molecule has 1 aliphatic rings. The van der Waals surface area contributed by atoms with Crippen LogP contribution in [-0.4, -0.2) is 53.1 Å². The zero-order chi connectivity index (χ0) is 21.9. The highest BCUT2D eigenvalue weighted by Crippen LogP contribution is 2.30. The highest BCUT2D eigenvalue weighted by atomic mass is 19.4. The highest BCUT2D eigenvalue weighted by Gasteiger charge is 2.31. The molecular formula is C21H26F3N4O2+. The minimum absolute atomic E-state index is 0.0641. The van der Waals surface area contributed by atoms with Crippen molar-refractivity contribution >= 4 is 16.9 Å². The molecular weight excluding hydrogens is 397 g/mol. The number of allylic oxidation sites excluding steroid dienone is 1. The van der Waals surface area contributed by atoms with Crippen LogP contribution < -0.4 is 10.5 Å². The molecule has 3 rings (SSSR count). The topological polar surface area (TPSA) is 59.6 Å². The summed E-state index contributed by atoms with van der Waals surface area (Å²) >= 11 is 0. The van der Waals surface area contributed by atoms with Crippen LogP contribution in [0.1, 0.15) is 24.6 Å². The Morgan fingerprint density at radius 3 is 2.60 bits per heavy atom. The van der Waals surface area contributed by atoms with Gasteiger partial charge in [-0.2, -0.15) is 13.2 Å². The number of nitrogens with zero attached hydrogens (tertiary/aromatic N) is 3. The second-order valence-electron chi connectivity index (χ2n) is 7.45. The second kappa shape index (κ2) is 8.99. The summed E-state index contributed by atoms with van der Waals surface area (Å²) < 4.78 is 40.6. The van der Waals surface area contributed by atoms with Crippen molar-refractivity contribution in [1.29, 1.82) is 0 Å². The molecule has 0 atom stereocenters. The van der Waals surface area contributed by atoms with E-state index in [0.29, 0.717) is 18.6 Å². The number of quaternary nitrogens is 1. The van der Waals surface area contributed by atoms with Crippen LogP contribution in [0.5, 0.6) is 0 Å². The SMILES string of the molecule is C=CCn1c(=O)c(CCC(=O)N2CC[NH+](CC)CC2)nc2cc(C(F)(F)F)ccc21. The van der Waals surface area contributed by atoms with Crippen LogP contribution in [0.25, 0.3) is 11.0 Å². The first-order valence-corrected chi connectivity index (χ1v) is 10.1. The van der Waals surface area contributed by atoms with Crippen molar-refractivity contribution in [2.45, 2.75) is 32.5 Å². The fraction of sp³-hybridized carbons (Fsp3) is 0.476. The molecule has 1 saturated heterocycles. The van der Waals surface area contributed by atoms with E-state index in [-0.39, 0.29) is 36.5 Å². The van der Waals surface area contributed by atoms with Gasteiger partial charge in [-0.3, -0.25) is 9.59 Å². The number of aromatic nitrogens is 2. The number of aryl methyl sites for hydroxylation is 1. The van der Waals surface area contributed by atoms with Crippen LogP contribution in [0, 0.1) is 0 Å².